The van der Waals surface area contributed by atoms with Gasteiger partial charge in [-0.3, -0.25) is 4.79 Å². The van der Waals surface area contributed by atoms with Gasteiger partial charge in [-0.2, -0.15) is 0 Å². The van der Waals surface area contributed by atoms with Crippen LogP contribution in [-0.2, 0) is 11.3 Å². The number of nitrogens with one attached hydrogen (secondary N) is 1. The standard InChI is InChI=1S/C22H19N3O2S/c1-27-20-11-10-15(16-6-2-3-7-17(16)20)12-23-21(26)13-28-22-18-8-4-5-9-19(18)24-14-25-22/h2-11,14H,12-13H2,1H3,(H,23,26). The van der Waals surface area contributed by atoms with Gasteiger partial charge in [-0.05, 0) is 23.1 Å². The van der Waals surface area contributed by atoms with E-state index in [9.17, 15) is 4.79 Å². The molecule has 0 aliphatic carbocycles. The molecule has 0 radical (unpaired) electrons. The molecule has 0 spiro atoms. The fraction of sp³-hybridized carbons (Fsp3) is 0.136. The number of fused-ring (bicyclic) bond motifs is 2. The lowest BCUT2D eigenvalue weighted by Crippen LogP contribution is -2.24. The number of carbonyl (C=O) groups is 1. The van der Waals surface area contributed by atoms with E-state index >= 15 is 0 Å². The molecule has 1 amide bonds. The van der Waals surface area contributed by atoms with Crippen LogP contribution in [0.2, 0.25) is 0 Å². The molecular formula is C22H19N3O2S. The Morgan fingerprint density at radius 3 is 2.54 bits per heavy atom. The summed E-state index contributed by atoms with van der Waals surface area (Å²) in [7, 11) is 1.66. The molecule has 1 heterocycles. The number of hydrogen-bond donors (Lipinski definition) is 1. The lowest BCUT2D eigenvalue weighted by Gasteiger charge is -2.11. The molecule has 3 aromatic carbocycles. The summed E-state index contributed by atoms with van der Waals surface area (Å²) in [6, 6.07) is 19.8. The van der Waals surface area contributed by atoms with Crippen LogP contribution >= 0.6 is 11.8 Å². The number of thioether (sulfide) groups is 1. The zero-order chi connectivity index (χ0) is 19.3. The Morgan fingerprint density at radius 1 is 0.964 bits per heavy atom. The smallest absolute Gasteiger partial charge is 0.230 e. The normalized spacial score (nSPS) is 10.9. The first-order chi connectivity index (χ1) is 13.8. The first-order valence-electron chi connectivity index (χ1n) is 8.90. The van der Waals surface area contributed by atoms with Crippen molar-refractivity contribution in [2.75, 3.05) is 12.9 Å². The number of ether oxygens (including phenoxy) is 1. The summed E-state index contributed by atoms with van der Waals surface area (Å²) in [5.74, 6) is 1.10. The largest absolute Gasteiger partial charge is 0.496 e. The molecule has 4 rings (SSSR count). The highest BCUT2D eigenvalue weighted by Gasteiger charge is 2.10. The van der Waals surface area contributed by atoms with Crippen molar-refractivity contribution in [3.8, 4) is 5.75 Å². The number of para-hydroxylation sites is 1. The quantitative estimate of drug-likeness (QED) is 0.395. The number of rotatable bonds is 6. The summed E-state index contributed by atoms with van der Waals surface area (Å²) >= 11 is 1.42. The van der Waals surface area contributed by atoms with Gasteiger partial charge in [-0.1, -0.05) is 60.3 Å². The molecule has 0 bridgehead atoms. The number of nitrogens with zero attached hydrogens (tertiary/aromatic N) is 2. The Balaban J connectivity index is 1.43. The van der Waals surface area contributed by atoms with Gasteiger partial charge in [0.2, 0.25) is 5.91 Å². The van der Waals surface area contributed by atoms with E-state index in [1.807, 2.05) is 60.7 Å². The molecule has 0 unspecified atom stereocenters. The number of methoxy groups -OCH3 is 1. The maximum atomic E-state index is 12.4. The zero-order valence-electron chi connectivity index (χ0n) is 15.4. The minimum absolute atomic E-state index is 0.0346. The maximum Gasteiger partial charge on any atom is 0.230 e. The Kier molecular flexibility index (Phi) is 5.39. The molecule has 1 N–H and O–H groups in total. The fourth-order valence-electron chi connectivity index (χ4n) is 3.14. The number of hydrogen-bond acceptors (Lipinski definition) is 5. The van der Waals surface area contributed by atoms with Gasteiger partial charge in [0, 0.05) is 17.3 Å². The van der Waals surface area contributed by atoms with Crippen LogP contribution in [0.5, 0.6) is 5.75 Å². The van der Waals surface area contributed by atoms with Crippen molar-refractivity contribution < 1.29 is 9.53 Å². The second-order valence-electron chi connectivity index (χ2n) is 6.23. The van der Waals surface area contributed by atoms with Gasteiger partial charge in [-0.25, -0.2) is 9.97 Å². The average Bonchev–Trinajstić information content (AvgIpc) is 2.76. The Labute approximate surface area is 167 Å². The van der Waals surface area contributed by atoms with Crippen LogP contribution in [0.4, 0.5) is 0 Å². The molecule has 0 fully saturated rings. The predicted molar refractivity (Wildman–Crippen MR) is 113 cm³/mol. The highest BCUT2D eigenvalue weighted by Crippen LogP contribution is 2.28. The van der Waals surface area contributed by atoms with Gasteiger partial charge in [0.25, 0.3) is 0 Å². The van der Waals surface area contributed by atoms with Gasteiger partial charge in [0.15, 0.2) is 0 Å². The molecule has 0 atom stereocenters. The average molecular weight is 389 g/mol. The van der Waals surface area contributed by atoms with E-state index in [2.05, 4.69) is 15.3 Å². The molecule has 4 aromatic rings. The van der Waals surface area contributed by atoms with Gasteiger partial charge in [-0.15, -0.1) is 0 Å². The molecular weight excluding hydrogens is 370 g/mol. The van der Waals surface area contributed by atoms with E-state index in [4.69, 9.17) is 4.74 Å². The topological polar surface area (TPSA) is 64.1 Å². The van der Waals surface area contributed by atoms with E-state index in [0.29, 0.717) is 12.3 Å². The second kappa shape index (κ2) is 8.27. The lowest BCUT2D eigenvalue weighted by molar-refractivity contribution is -0.118. The summed E-state index contributed by atoms with van der Waals surface area (Å²) in [4.78, 5) is 21.0. The summed E-state index contributed by atoms with van der Waals surface area (Å²) in [5, 5.41) is 6.90. The molecule has 28 heavy (non-hydrogen) atoms. The zero-order valence-corrected chi connectivity index (χ0v) is 16.2. The molecule has 0 saturated heterocycles. The van der Waals surface area contributed by atoms with E-state index in [1.54, 1.807) is 7.11 Å². The Bertz CT molecular complexity index is 1140. The minimum Gasteiger partial charge on any atom is -0.496 e. The number of aromatic nitrogens is 2. The van der Waals surface area contributed by atoms with Crippen molar-refractivity contribution >= 4 is 39.3 Å². The van der Waals surface area contributed by atoms with Gasteiger partial charge < -0.3 is 10.1 Å². The Hall–Kier alpha value is -3.12. The number of carbonyl (C=O) groups excluding carboxylic acids is 1. The van der Waals surface area contributed by atoms with Crippen LogP contribution in [0.3, 0.4) is 0 Å². The van der Waals surface area contributed by atoms with Crippen LogP contribution in [0, 0.1) is 0 Å². The van der Waals surface area contributed by atoms with E-state index in [1.165, 1.54) is 18.1 Å². The molecule has 5 nitrogen and oxygen atoms in total. The van der Waals surface area contributed by atoms with Crippen LogP contribution in [-0.4, -0.2) is 28.7 Å². The molecule has 0 saturated carbocycles. The Morgan fingerprint density at radius 2 is 1.71 bits per heavy atom. The van der Waals surface area contributed by atoms with Crippen molar-refractivity contribution in [2.24, 2.45) is 0 Å². The summed E-state index contributed by atoms with van der Waals surface area (Å²) in [6.45, 7) is 0.467. The number of benzene rings is 3. The fourth-order valence-corrected chi connectivity index (χ4v) is 3.96. The molecule has 0 aliphatic heterocycles. The van der Waals surface area contributed by atoms with E-state index in [0.717, 1.165) is 38.0 Å². The third kappa shape index (κ3) is 3.77. The summed E-state index contributed by atoms with van der Waals surface area (Å²) in [6.07, 6.45) is 1.53. The van der Waals surface area contributed by atoms with E-state index in [-0.39, 0.29) is 5.91 Å². The van der Waals surface area contributed by atoms with Crippen LogP contribution in [0.1, 0.15) is 5.56 Å². The van der Waals surface area contributed by atoms with Gasteiger partial charge in [0.1, 0.15) is 17.1 Å². The third-order valence-electron chi connectivity index (χ3n) is 4.52. The third-order valence-corrected chi connectivity index (χ3v) is 5.52. The van der Waals surface area contributed by atoms with E-state index < -0.39 is 0 Å². The van der Waals surface area contributed by atoms with Crippen molar-refractivity contribution in [2.45, 2.75) is 11.6 Å². The van der Waals surface area contributed by atoms with Crippen molar-refractivity contribution in [3.63, 3.8) is 0 Å². The van der Waals surface area contributed by atoms with Crippen molar-refractivity contribution in [1.82, 2.24) is 15.3 Å². The molecule has 0 aliphatic rings. The highest BCUT2D eigenvalue weighted by molar-refractivity contribution is 8.00. The SMILES string of the molecule is COc1ccc(CNC(=O)CSc2ncnc3ccccc23)c2ccccc12. The lowest BCUT2D eigenvalue weighted by atomic mass is 10.0. The molecule has 140 valence electrons. The van der Waals surface area contributed by atoms with Crippen LogP contribution < -0.4 is 10.1 Å². The van der Waals surface area contributed by atoms with Gasteiger partial charge in [0.05, 0.1) is 18.4 Å². The summed E-state index contributed by atoms with van der Waals surface area (Å²) in [5.41, 5.74) is 1.94. The minimum atomic E-state index is -0.0346. The molecule has 6 heteroatoms. The first kappa shape index (κ1) is 18.3. The predicted octanol–water partition coefficient (Wildman–Crippen LogP) is 4.20. The number of amides is 1. The van der Waals surface area contributed by atoms with Crippen LogP contribution in [0.25, 0.3) is 21.7 Å². The van der Waals surface area contributed by atoms with Crippen molar-refractivity contribution in [3.05, 3.63) is 72.6 Å². The summed E-state index contributed by atoms with van der Waals surface area (Å²) < 4.78 is 5.43. The highest BCUT2D eigenvalue weighted by atomic mass is 32.2. The molecule has 1 aromatic heterocycles. The van der Waals surface area contributed by atoms with Crippen LogP contribution in [0.15, 0.2) is 72.0 Å². The van der Waals surface area contributed by atoms with Crippen molar-refractivity contribution in [1.29, 1.82) is 0 Å². The second-order valence-corrected chi connectivity index (χ2v) is 7.20. The first-order valence-corrected chi connectivity index (χ1v) is 9.88. The van der Waals surface area contributed by atoms with Gasteiger partial charge >= 0.3 is 0 Å². The maximum absolute atomic E-state index is 12.4. The monoisotopic (exact) mass is 389 g/mol.